The summed E-state index contributed by atoms with van der Waals surface area (Å²) in [5, 5.41) is 1.13. The van der Waals surface area contributed by atoms with Crippen LogP contribution < -0.4 is 0 Å². The molecule has 17 heavy (non-hydrogen) atoms. The maximum Gasteiger partial charge on any atom is 0.00971 e. The highest BCUT2D eigenvalue weighted by Crippen LogP contribution is 2.14. The van der Waals surface area contributed by atoms with Gasteiger partial charge in [0.25, 0.3) is 0 Å². The lowest BCUT2D eigenvalue weighted by Crippen LogP contribution is -2.28. The molecule has 0 rings (SSSR count). The zero-order valence-corrected chi connectivity index (χ0v) is 15.2. The Kier molecular flexibility index (Phi) is 17.8. The van der Waals surface area contributed by atoms with Gasteiger partial charge in [0, 0.05) is 11.4 Å². The van der Waals surface area contributed by atoms with E-state index < -0.39 is 0 Å². The molecule has 0 aliphatic carbocycles. The van der Waals surface area contributed by atoms with E-state index in [0.717, 1.165) is 11.4 Å². The molecule has 0 N–H and O–H groups in total. The molecule has 0 fully saturated rings. The minimum Gasteiger partial charge on any atom is -0.306 e. The van der Waals surface area contributed by atoms with Crippen LogP contribution in [-0.4, -0.2) is 30.4 Å². The number of nitrogens with zero attached hydrogens (tertiary/aromatic N) is 1. The molecule has 1 nitrogen and oxygen atoms in total. The summed E-state index contributed by atoms with van der Waals surface area (Å²) in [6.07, 6.45) is 12.6. The fraction of sp³-hybridized carbons (Fsp3) is 1.00. The molecule has 0 saturated carbocycles. The Morgan fingerprint density at radius 3 is 1.88 bits per heavy atom. The number of hydrogen-bond acceptors (Lipinski definition) is 1. The summed E-state index contributed by atoms with van der Waals surface area (Å²) in [6, 6.07) is 0.773. The first-order chi connectivity index (χ1) is 7.72. The molecule has 1 unspecified atom stereocenters. The topological polar surface area (TPSA) is 3.24 Å². The van der Waals surface area contributed by atoms with Gasteiger partial charge in [0.15, 0.2) is 0 Å². The van der Waals surface area contributed by atoms with Crippen LogP contribution >= 0.6 is 32.9 Å². The van der Waals surface area contributed by atoms with Crippen LogP contribution in [0.1, 0.15) is 64.7 Å². The van der Waals surface area contributed by atoms with Gasteiger partial charge in [-0.25, -0.2) is 0 Å². The van der Waals surface area contributed by atoms with Crippen molar-refractivity contribution in [2.75, 3.05) is 19.4 Å². The van der Waals surface area contributed by atoms with Crippen molar-refractivity contribution in [3.05, 3.63) is 0 Å². The summed E-state index contributed by atoms with van der Waals surface area (Å²) in [6.45, 7) is 2.28. The van der Waals surface area contributed by atoms with E-state index in [0.29, 0.717) is 0 Å². The molecular formula is C14H31Br2N. The first kappa shape index (κ1) is 20.2. The fourth-order valence-corrected chi connectivity index (χ4v) is 2.65. The summed E-state index contributed by atoms with van der Waals surface area (Å²) in [7, 11) is 4.41. The summed E-state index contributed by atoms with van der Waals surface area (Å²) in [5.74, 6) is 0. The first-order valence-corrected chi connectivity index (χ1v) is 8.06. The van der Waals surface area contributed by atoms with Gasteiger partial charge in [-0.1, -0.05) is 67.8 Å². The maximum absolute atomic E-state index is 3.54. The van der Waals surface area contributed by atoms with E-state index in [1.807, 2.05) is 0 Å². The molecule has 0 aliphatic rings. The Morgan fingerprint density at radius 2 is 1.41 bits per heavy atom. The van der Waals surface area contributed by atoms with Crippen LogP contribution in [0.3, 0.4) is 0 Å². The van der Waals surface area contributed by atoms with E-state index in [4.69, 9.17) is 0 Å². The highest BCUT2D eigenvalue weighted by atomic mass is 79.9. The molecule has 1 atom stereocenters. The van der Waals surface area contributed by atoms with Crippen molar-refractivity contribution in [2.45, 2.75) is 70.8 Å². The zero-order valence-electron chi connectivity index (χ0n) is 11.9. The molecule has 0 heterocycles. The minimum atomic E-state index is 0. The highest BCUT2D eigenvalue weighted by Gasteiger charge is 2.09. The van der Waals surface area contributed by atoms with Crippen molar-refractivity contribution < 1.29 is 0 Å². The third kappa shape index (κ3) is 13.2. The second-order valence-corrected chi connectivity index (χ2v) is 5.80. The number of rotatable bonds is 11. The Labute approximate surface area is 128 Å². The quantitative estimate of drug-likeness (QED) is 0.345. The van der Waals surface area contributed by atoms with Crippen LogP contribution in [0.15, 0.2) is 0 Å². The summed E-state index contributed by atoms with van der Waals surface area (Å²) < 4.78 is 0. The Morgan fingerprint density at radius 1 is 0.882 bits per heavy atom. The van der Waals surface area contributed by atoms with Gasteiger partial charge in [-0.3, -0.25) is 0 Å². The number of halogens is 2. The summed E-state index contributed by atoms with van der Waals surface area (Å²) in [5.41, 5.74) is 0. The Balaban J connectivity index is 0. The summed E-state index contributed by atoms with van der Waals surface area (Å²) in [4.78, 5) is 2.37. The number of hydrogen-bond donors (Lipinski definition) is 0. The van der Waals surface area contributed by atoms with Gasteiger partial charge in [0.05, 0.1) is 0 Å². The predicted octanol–water partition coefficient (Wildman–Crippen LogP) is 5.42. The first-order valence-electron chi connectivity index (χ1n) is 6.94. The number of alkyl halides is 1. The molecule has 0 radical (unpaired) electrons. The third-order valence-electron chi connectivity index (χ3n) is 3.31. The van der Waals surface area contributed by atoms with Crippen LogP contribution in [0.25, 0.3) is 0 Å². The van der Waals surface area contributed by atoms with Gasteiger partial charge < -0.3 is 4.90 Å². The Bertz CT molecular complexity index is 140. The molecule has 0 saturated heterocycles. The second-order valence-electron chi connectivity index (χ2n) is 5.01. The van der Waals surface area contributed by atoms with Gasteiger partial charge in [-0.15, -0.1) is 17.0 Å². The minimum absolute atomic E-state index is 0. The lowest BCUT2D eigenvalue weighted by molar-refractivity contribution is 0.266. The standard InChI is InChI=1S/C14H30BrN.BrH/c1-4-5-6-7-8-9-10-11-14(12-13-15)16(2)3;/h14H,4-13H2,1-3H3;1H. The number of unbranched alkanes of at least 4 members (excludes halogenated alkanes) is 6. The van der Waals surface area contributed by atoms with Crippen molar-refractivity contribution in [1.29, 1.82) is 0 Å². The van der Waals surface area contributed by atoms with Gasteiger partial charge in [-0.05, 0) is 26.9 Å². The zero-order chi connectivity index (χ0) is 12.2. The van der Waals surface area contributed by atoms with Crippen molar-refractivity contribution in [2.24, 2.45) is 0 Å². The molecule has 0 spiro atoms. The molecule has 106 valence electrons. The fourth-order valence-electron chi connectivity index (χ4n) is 2.12. The third-order valence-corrected chi connectivity index (χ3v) is 3.77. The molecule has 0 aromatic heterocycles. The average molecular weight is 373 g/mol. The van der Waals surface area contributed by atoms with Crippen molar-refractivity contribution in [3.63, 3.8) is 0 Å². The monoisotopic (exact) mass is 371 g/mol. The molecule has 0 aromatic carbocycles. The molecule has 3 heteroatoms. The predicted molar refractivity (Wildman–Crippen MR) is 88.8 cm³/mol. The molecule has 0 bridgehead atoms. The van der Waals surface area contributed by atoms with E-state index in [9.17, 15) is 0 Å². The lowest BCUT2D eigenvalue weighted by atomic mass is 10.0. The van der Waals surface area contributed by atoms with Gasteiger partial charge >= 0.3 is 0 Å². The molecular weight excluding hydrogens is 342 g/mol. The smallest absolute Gasteiger partial charge is 0.00971 e. The Hall–Kier alpha value is 0.920. The SMILES string of the molecule is Br.CCCCCCCCCC(CCBr)N(C)C. The normalized spacial score (nSPS) is 12.5. The van der Waals surface area contributed by atoms with E-state index in [1.165, 1.54) is 57.8 Å². The molecule has 0 aliphatic heterocycles. The largest absolute Gasteiger partial charge is 0.306 e. The van der Waals surface area contributed by atoms with Crippen molar-refractivity contribution in [1.82, 2.24) is 4.90 Å². The average Bonchev–Trinajstić information content (AvgIpc) is 2.26. The second kappa shape index (κ2) is 15.0. The highest BCUT2D eigenvalue weighted by molar-refractivity contribution is 9.09. The van der Waals surface area contributed by atoms with Crippen LogP contribution in [0, 0.1) is 0 Å². The van der Waals surface area contributed by atoms with Gasteiger partial charge in [0.2, 0.25) is 0 Å². The van der Waals surface area contributed by atoms with Crippen molar-refractivity contribution >= 4 is 32.9 Å². The molecule has 0 aromatic rings. The summed E-state index contributed by atoms with van der Waals surface area (Å²) >= 11 is 3.54. The van der Waals surface area contributed by atoms with Crippen LogP contribution in [0.2, 0.25) is 0 Å². The van der Waals surface area contributed by atoms with E-state index in [-0.39, 0.29) is 17.0 Å². The lowest BCUT2D eigenvalue weighted by Gasteiger charge is -2.23. The van der Waals surface area contributed by atoms with E-state index in [2.05, 4.69) is 41.8 Å². The van der Waals surface area contributed by atoms with E-state index in [1.54, 1.807) is 0 Å². The van der Waals surface area contributed by atoms with Gasteiger partial charge in [-0.2, -0.15) is 0 Å². The van der Waals surface area contributed by atoms with Gasteiger partial charge in [0.1, 0.15) is 0 Å². The molecule has 0 amide bonds. The van der Waals surface area contributed by atoms with E-state index >= 15 is 0 Å². The van der Waals surface area contributed by atoms with Crippen LogP contribution in [-0.2, 0) is 0 Å². The van der Waals surface area contributed by atoms with Crippen molar-refractivity contribution in [3.8, 4) is 0 Å². The van der Waals surface area contributed by atoms with Crippen LogP contribution in [0.4, 0.5) is 0 Å². The maximum atomic E-state index is 3.54. The van der Waals surface area contributed by atoms with Crippen LogP contribution in [0.5, 0.6) is 0 Å².